The average Bonchev–Trinajstić information content (AvgIpc) is 2.71. The highest BCUT2D eigenvalue weighted by Gasteiger charge is 2.38. The summed E-state index contributed by atoms with van der Waals surface area (Å²) in [5.41, 5.74) is -3.11. The lowest BCUT2D eigenvalue weighted by Gasteiger charge is -2.19. The number of hydrogen-bond acceptors (Lipinski definition) is 2. The summed E-state index contributed by atoms with van der Waals surface area (Å²) in [6.07, 6.45) is -8.61. The van der Waals surface area contributed by atoms with Crippen molar-refractivity contribution in [2.75, 3.05) is 6.61 Å². The van der Waals surface area contributed by atoms with Gasteiger partial charge >= 0.3 is 12.3 Å². The maximum absolute atomic E-state index is 14.4. The standard InChI is InChI=1S/C24H16F10O2/c1-2-3-12-6-19(28)22(20(29)7-12)35-11-23(30,31)36-14-4-5-15(16(25)10-14)13-8-17(26)21(18(27)9-13)24(32,33)34/h4-10H,2-3,11H2,1H3. The Morgan fingerprint density at radius 3 is 1.81 bits per heavy atom. The molecule has 0 radical (unpaired) electrons. The monoisotopic (exact) mass is 526 g/mol. The van der Waals surface area contributed by atoms with Crippen molar-refractivity contribution in [3.63, 3.8) is 0 Å². The molecule has 0 aliphatic carbocycles. The molecule has 0 bridgehead atoms. The van der Waals surface area contributed by atoms with Crippen molar-refractivity contribution in [2.24, 2.45) is 0 Å². The van der Waals surface area contributed by atoms with Crippen LogP contribution in [-0.2, 0) is 12.6 Å². The lowest BCUT2D eigenvalue weighted by molar-refractivity contribution is -0.196. The molecule has 0 aromatic heterocycles. The summed E-state index contributed by atoms with van der Waals surface area (Å²) in [7, 11) is 0. The second kappa shape index (κ2) is 10.3. The minimum atomic E-state index is -5.33. The second-order valence-electron chi connectivity index (χ2n) is 7.62. The van der Waals surface area contributed by atoms with Gasteiger partial charge < -0.3 is 9.47 Å². The number of ether oxygens (including phenoxy) is 2. The molecule has 194 valence electrons. The zero-order valence-corrected chi connectivity index (χ0v) is 18.3. The van der Waals surface area contributed by atoms with E-state index in [0.717, 1.165) is 24.3 Å². The first kappa shape index (κ1) is 27.2. The second-order valence-corrected chi connectivity index (χ2v) is 7.62. The molecule has 0 saturated carbocycles. The Bertz CT molecular complexity index is 1210. The van der Waals surface area contributed by atoms with E-state index in [-0.39, 0.29) is 12.1 Å². The largest absolute Gasteiger partial charge is 0.477 e. The van der Waals surface area contributed by atoms with Crippen LogP contribution >= 0.6 is 0 Å². The Kier molecular flexibility index (Phi) is 7.75. The van der Waals surface area contributed by atoms with Crippen molar-refractivity contribution in [1.82, 2.24) is 0 Å². The van der Waals surface area contributed by atoms with Crippen molar-refractivity contribution in [3.8, 4) is 22.6 Å². The fourth-order valence-electron chi connectivity index (χ4n) is 3.33. The summed E-state index contributed by atoms with van der Waals surface area (Å²) in [6, 6.07) is 4.22. The van der Waals surface area contributed by atoms with Gasteiger partial charge in [0.15, 0.2) is 24.0 Å². The predicted octanol–water partition coefficient (Wildman–Crippen LogP) is 8.07. The molecule has 36 heavy (non-hydrogen) atoms. The number of aryl methyl sites for hydroxylation is 1. The van der Waals surface area contributed by atoms with Crippen LogP contribution in [0, 0.1) is 29.1 Å². The van der Waals surface area contributed by atoms with Gasteiger partial charge in [-0.05, 0) is 53.9 Å². The molecule has 0 saturated heterocycles. The molecule has 0 fully saturated rings. The van der Waals surface area contributed by atoms with E-state index in [0.29, 0.717) is 24.5 Å². The van der Waals surface area contributed by atoms with Crippen molar-refractivity contribution >= 4 is 0 Å². The highest BCUT2D eigenvalue weighted by molar-refractivity contribution is 5.66. The van der Waals surface area contributed by atoms with Crippen LogP contribution in [0.3, 0.4) is 0 Å². The third kappa shape index (κ3) is 6.21. The van der Waals surface area contributed by atoms with Gasteiger partial charge in [-0.2, -0.15) is 22.0 Å². The summed E-state index contributed by atoms with van der Waals surface area (Å²) in [6.45, 7) is 0.111. The Hall–Kier alpha value is -3.44. The van der Waals surface area contributed by atoms with E-state index in [1.54, 1.807) is 6.92 Å². The van der Waals surface area contributed by atoms with E-state index in [1.165, 1.54) is 0 Å². The lowest BCUT2D eigenvalue weighted by Crippen LogP contribution is -2.32. The molecule has 3 rings (SSSR count). The van der Waals surface area contributed by atoms with Gasteiger partial charge in [-0.1, -0.05) is 13.3 Å². The molecule has 3 aromatic rings. The highest BCUT2D eigenvalue weighted by Crippen LogP contribution is 2.37. The van der Waals surface area contributed by atoms with Crippen LogP contribution in [-0.4, -0.2) is 12.7 Å². The molecule has 0 amide bonds. The summed E-state index contributed by atoms with van der Waals surface area (Å²) in [5.74, 6) is -9.64. The molecule has 0 atom stereocenters. The summed E-state index contributed by atoms with van der Waals surface area (Å²) in [5, 5.41) is 0. The van der Waals surface area contributed by atoms with Gasteiger partial charge in [0.25, 0.3) is 0 Å². The SMILES string of the molecule is CCCc1cc(F)c(OCC(F)(F)Oc2ccc(-c3cc(F)c(C(F)(F)F)c(F)c3)c(F)c2)c(F)c1. The fraction of sp³-hybridized carbons (Fsp3) is 0.250. The van der Waals surface area contributed by atoms with Crippen molar-refractivity contribution < 1.29 is 53.4 Å². The molecule has 0 aliphatic rings. The number of hydrogen-bond donors (Lipinski definition) is 0. The van der Waals surface area contributed by atoms with Crippen molar-refractivity contribution in [1.29, 1.82) is 0 Å². The minimum Gasteiger partial charge on any atom is -0.477 e. The minimum absolute atomic E-state index is 0.238. The van der Waals surface area contributed by atoms with Gasteiger partial charge in [0.2, 0.25) is 0 Å². The molecule has 0 heterocycles. The van der Waals surface area contributed by atoms with Gasteiger partial charge in [0.05, 0.1) is 0 Å². The summed E-state index contributed by atoms with van der Waals surface area (Å²) >= 11 is 0. The van der Waals surface area contributed by atoms with E-state index in [2.05, 4.69) is 9.47 Å². The average molecular weight is 526 g/mol. The quantitative estimate of drug-likeness (QED) is 0.277. The maximum atomic E-state index is 14.4. The molecular formula is C24H16F10O2. The summed E-state index contributed by atoms with van der Waals surface area (Å²) in [4.78, 5) is 0. The fourth-order valence-corrected chi connectivity index (χ4v) is 3.33. The Morgan fingerprint density at radius 2 is 1.31 bits per heavy atom. The van der Waals surface area contributed by atoms with E-state index in [1.807, 2.05) is 0 Å². The topological polar surface area (TPSA) is 18.5 Å². The zero-order valence-electron chi connectivity index (χ0n) is 18.3. The van der Waals surface area contributed by atoms with Gasteiger partial charge in [-0.15, -0.1) is 0 Å². The number of alkyl halides is 5. The first-order valence-corrected chi connectivity index (χ1v) is 10.3. The van der Waals surface area contributed by atoms with Crippen molar-refractivity contribution in [2.45, 2.75) is 32.1 Å². The third-order valence-electron chi connectivity index (χ3n) is 4.83. The van der Waals surface area contributed by atoms with Gasteiger partial charge in [0.1, 0.15) is 28.8 Å². The molecule has 0 unspecified atom stereocenters. The summed E-state index contributed by atoms with van der Waals surface area (Å²) < 4.78 is 145. The van der Waals surface area contributed by atoms with Crippen molar-refractivity contribution in [3.05, 3.63) is 82.7 Å². The Morgan fingerprint density at radius 1 is 0.722 bits per heavy atom. The molecule has 3 aromatic carbocycles. The molecule has 0 N–H and O–H groups in total. The normalized spacial score (nSPS) is 12.1. The molecule has 0 spiro atoms. The highest BCUT2D eigenvalue weighted by atomic mass is 19.4. The number of halogens is 10. The van der Waals surface area contributed by atoms with E-state index < -0.39 is 76.2 Å². The van der Waals surface area contributed by atoms with Gasteiger partial charge in [0, 0.05) is 11.6 Å². The lowest BCUT2D eigenvalue weighted by atomic mass is 10.0. The molecule has 0 aliphatic heterocycles. The zero-order chi connectivity index (χ0) is 26.8. The molecular weight excluding hydrogens is 510 g/mol. The van der Waals surface area contributed by atoms with Gasteiger partial charge in [-0.25, -0.2) is 22.0 Å². The first-order chi connectivity index (χ1) is 16.7. The number of rotatable bonds is 8. The Labute approximate surface area is 198 Å². The smallest absolute Gasteiger partial charge is 0.433 e. The van der Waals surface area contributed by atoms with E-state index >= 15 is 0 Å². The van der Waals surface area contributed by atoms with Crippen LogP contribution in [0.2, 0.25) is 0 Å². The van der Waals surface area contributed by atoms with Crippen LogP contribution in [0.1, 0.15) is 24.5 Å². The van der Waals surface area contributed by atoms with Crippen LogP contribution in [0.15, 0.2) is 42.5 Å². The van der Waals surface area contributed by atoms with Crippen LogP contribution in [0.4, 0.5) is 43.9 Å². The van der Waals surface area contributed by atoms with E-state index in [9.17, 15) is 43.9 Å². The van der Waals surface area contributed by atoms with Crippen LogP contribution < -0.4 is 9.47 Å². The maximum Gasteiger partial charge on any atom is 0.433 e. The Balaban J connectivity index is 1.76. The van der Waals surface area contributed by atoms with Crippen LogP contribution in [0.25, 0.3) is 11.1 Å². The van der Waals surface area contributed by atoms with Gasteiger partial charge in [-0.3, -0.25) is 0 Å². The number of benzene rings is 3. The van der Waals surface area contributed by atoms with E-state index in [4.69, 9.17) is 0 Å². The predicted molar refractivity (Wildman–Crippen MR) is 108 cm³/mol. The van der Waals surface area contributed by atoms with Crippen LogP contribution in [0.5, 0.6) is 11.5 Å². The molecule has 12 heteroatoms. The first-order valence-electron chi connectivity index (χ1n) is 10.3. The third-order valence-corrected chi connectivity index (χ3v) is 4.83. The molecule has 2 nitrogen and oxygen atoms in total.